The van der Waals surface area contributed by atoms with Gasteiger partial charge in [0.1, 0.15) is 0 Å². The zero-order valence-electron chi connectivity index (χ0n) is 7.81. The van der Waals surface area contributed by atoms with E-state index in [1.165, 1.54) is 0 Å². The van der Waals surface area contributed by atoms with Gasteiger partial charge in [0.25, 0.3) is 0 Å². The van der Waals surface area contributed by atoms with Crippen LogP contribution in [0.1, 0.15) is 12.0 Å². The first-order valence-electron chi connectivity index (χ1n) is 4.49. The van der Waals surface area contributed by atoms with E-state index in [1.54, 1.807) is 11.1 Å². The molecule has 14 heavy (non-hydrogen) atoms. The highest BCUT2D eigenvalue weighted by Gasteiger charge is 1.93. The van der Waals surface area contributed by atoms with E-state index in [-0.39, 0.29) is 0 Å². The number of rotatable bonds is 4. The summed E-state index contributed by atoms with van der Waals surface area (Å²) in [6.45, 7) is 0. The van der Waals surface area contributed by atoms with E-state index in [4.69, 9.17) is 0 Å². The maximum Gasteiger partial charge on any atom is 0.0758 e. The summed E-state index contributed by atoms with van der Waals surface area (Å²) < 4.78 is 0. The molecule has 0 aliphatic carbocycles. The van der Waals surface area contributed by atoms with Gasteiger partial charge < -0.3 is 5.11 Å². The Morgan fingerprint density at radius 3 is 2.64 bits per heavy atom. The molecule has 0 heterocycles. The average molecular weight is 253 g/mol. The third kappa shape index (κ3) is 4.40. The topological polar surface area (TPSA) is 20.2 Å². The fraction of sp³-hybridized carbons (Fsp3) is 0.167. The van der Waals surface area contributed by atoms with Crippen molar-refractivity contribution in [3.8, 4) is 0 Å². The summed E-state index contributed by atoms with van der Waals surface area (Å²) in [5.41, 5.74) is 1.11. The Kier molecular flexibility index (Phi) is 5.27. The van der Waals surface area contributed by atoms with Gasteiger partial charge in [-0.2, -0.15) is 0 Å². The van der Waals surface area contributed by atoms with Gasteiger partial charge in [-0.05, 0) is 17.0 Å². The van der Waals surface area contributed by atoms with Gasteiger partial charge in [-0.25, -0.2) is 0 Å². The molecule has 1 aromatic carbocycles. The minimum Gasteiger partial charge on any atom is -0.389 e. The molecule has 0 saturated heterocycles. The summed E-state index contributed by atoms with van der Waals surface area (Å²) in [5.74, 6) is 0. The maximum absolute atomic E-state index is 9.48. The van der Waals surface area contributed by atoms with E-state index >= 15 is 0 Å². The second-order valence-electron chi connectivity index (χ2n) is 2.93. The lowest BCUT2D eigenvalue weighted by Crippen LogP contribution is -1.98. The Morgan fingerprint density at radius 1 is 1.29 bits per heavy atom. The molecule has 0 spiro atoms. The molecule has 2 heteroatoms. The molecular formula is C12H13BrO. The molecule has 0 aromatic heterocycles. The molecule has 0 amide bonds. The number of benzene rings is 1. The Morgan fingerprint density at radius 2 is 2.00 bits per heavy atom. The maximum atomic E-state index is 9.48. The van der Waals surface area contributed by atoms with Crippen molar-refractivity contribution < 1.29 is 5.11 Å². The van der Waals surface area contributed by atoms with Crippen molar-refractivity contribution in [1.82, 2.24) is 0 Å². The van der Waals surface area contributed by atoms with Crippen LogP contribution in [0.15, 0.2) is 47.5 Å². The molecule has 0 radical (unpaired) electrons. The van der Waals surface area contributed by atoms with Gasteiger partial charge in [-0.15, -0.1) is 0 Å². The molecule has 1 atom stereocenters. The Labute approximate surface area is 92.9 Å². The Bertz CT molecular complexity index is 303. The molecule has 0 fully saturated rings. The minimum atomic E-state index is -0.413. The first-order valence-corrected chi connectivity index (χ1v) is 5.41. The smallest absolute Gasteiger partial charge is 0.0758 e. The summed E-state index contributed by atoms with van der Waals surface area (Å²) in [4.78, 5) is 1.76. The third-order valence-corrected chi connectivity index (χ3v) is 2.15. The van der Waals surface area contributed by atoms with Crippen LogP contribution in [0.3, 0.4) is 0 Å². The number of aliphatic hydroxyl groups is 1. The van der Waals surface area contributed by atoms with Crippen molar-refractivity contribution in [1.29, 1.82) is 0 Å². The van der Waals surface area contributed by atoms with E-state index in [1.807, 2.05) is 42.5 Å². The normalized spacial score (nSPS) is 13.9. The predicted octanol–water partition coefficient (Wildman–Crippen LogP) is 3.36. The second kappa shape index (κ2) is 6.57. The van der Waals surface area contributed by atoms with Crippen molar-refractivity contribution in [3.05, 3.63) is 53.0 Å². The largest absolute Gasteiger partial charge is 0.389 e. The Balaban J connectivity index is 2.47. The van der Waals surface area contributed by atoms with Crippen LogP contribution in [0.5, 0.6) is 0 Å². The van der Waals surface area contributed by atoms with Crippen molar-refractivity contribution in [2.75, 3.05) is 0 Å². The average Bonchev–Trinajstić information content (AvgIpc) is 2.25. The molecule has 1 N–H and O–H groups in total. The molecule has 1 nitrogen and oxygen atoms in total. The third-order valence-electron chi connectivity index (χ3n) is 1.78. The summed E-state index contributed by atoms with van der Waals surface area (Å²) in [7, 11) is 0. The van der Waals surface area contributed by atoms with Crippen molar-refractivity contribution in [2.24, 2.45) is 0 Å². The quantitative estimate of drug-likeness (QED) is 0.872. The second-order valence-corrected chi connectivity index (χ2v) is 3.46. The zero-order valence-corrected chi connectivity index (χ0v) is 9.39. The van der Waals surface area contributed by atoms with E-state index in [2.05, 4.69) is 15.9 Å². The van der Waals surface area contributed by atoms with Gasteiger partial charge in [0, 0.05) is 0 Å². The first-order chi connectivity index (χ1) is 6.83. The van der Waals surface area contributed by atoms with E-state index in [0.717, 1.165) is 5.56 Å². The monoisotopic (exact) mass is 252 g/mol. The van der Waals surface area contributed by atoms with E-state index in [9.17, 15) is 5.11 Å². The molecular weight excluding hydrogens is 240 g/mol. The van der Waals surface area contributed by atoms with Gasteiger partial charge >= 0.3 is 0 Å². The summed E-state index contributed by atoms with van der Waals surface area (Å²) >= 11 is 3.16. The summed E-state index contributed by atoms with van der Waals surface area (Å²) in [5, 5.41) is 9.48. The van der Waals surface area contributed by atoms with Gasteiger partial charge in [-0.3, -0.25) is 0 Å². The van der Waals surface area contributed by atoms with E-state index in [0.29, 0.717) is 6.42 Å². The van der Waals surface area contributed by atoms with Crippen LogP contribution in [-0.4, -0.2) is 11.2 Å². The van der Waals surface area contributed by atoms with Crippen LogP contribution in [0, 0.1) is 0 Å². The lowest BCUT2D eigenvalue weighted by atomic mass is 10.1. The minimum absolute atomic E-state index is 0.413. The van der Waals surface area contributed by atoms with Crippen LogP contribution < -0.4 is 0 Å². The lowest BCUT2D eigenvalue weighted by Gasteiger charge is -1.99. The SMILES string of the molecule is OC(/C=C/c1ccccc1)C/C=C\Br. The molecule has 1 rings (SSSR count). The molecule has 1 unspecified atom stereocenters. The molecule has 1 aromatic rings. The van der Waals surface area contributed by atoms with E-state index < -0.39 is 6.10 Å². The number of aliphatic hydroxyl groups excluding tert-OH is 1. The number of hydrogen-bond donors (Lipinski definition) is 1. The highest BCUT2D eigenvalue weighted by atomic mass is 79.9. The number of halogens is 1. The molecule has 0 aliphatic rings. The van der Waals surface area contributed by atoms with Crippen molar-refractivity contribution in [2.45, 2.75) is 12.5 Å². The van der Waals surface area contributed by atoms with Gasteiger partial charge in [-0.1, -0.05) is 64.5 Å². The van der Waals surface area contributed by atoms with Gasteiger partial charge in [0.15, 0.2) is 0 Å². The van der Waals surface area contributed by atoms with Crippen LogP contribution in [0.4, 0.5) is 0 Å². The predicted molar refractivity (Wildman–Crippen MR) is 64.2 cm³/mol. The van der Waals surface area contributed by atoms with Gasteiger partial charge in [0.05, 0.1) is 6.10 Å². The van der Waals surface area contributed by atoms with Crippen LogP contribution in [-0.2, 0) is 0 Å². The van der Waals surface area contributed by atoms with Crippen molar-refractivity contribution >= 4 is 22.0 Å². The first kappa shape index (κ1) is 11.2. The van der Waals surface area contributed by atoms with Crippen LogP contribution in [0.2, 0.25) is 0 Å². The zero-order chi connectivity index (χ0) is 10.2. The molecule has 74 valence electrons. The van der Waals surface area contributed by atoms with Crippen LogP contribution in [0.25, 0.3) is 6.08 Å². The fourth-order valence-electron chi connectivity index (χ4n) is 1.06. The standard InChI is InChI=1S/C12H13BrO/c13-10-4-7-12(14)9-8-11-5-2-1-3-6-11/h1-6,8-10,12,14H,7H2/b9-8+,10-4-. The highest BCUT2D eigenvalue weighted by Crippen LogP contribution is 2.04. The summed E-state index contributed by atoms with van der Waals surface area (Å²) in [6.07, 6.45) is 5.81. The van der Waals surface area contributed by atoms with Crippen LogP contribution >= 0.6 is 15.9 Å². The molecule has 0 saturated carbocycles. The van der Waals surface area contributed by atoms with Gasteiger partial charge in [0.2, 0.25) is 0 Å². The molecule has 0 aliphatic heterocycles. The fourth-order valence-corrected chi connectivity index (χ4v) is 1.27. The highest BCUT2D eigenvalue weighted by molar-refractivity contribution is 9.11. The number of hydrogen-bond acceptors (Lipinski definition) is 1. The van der Waals surface area contributed by atoms with Crippen molar-refractivity contribution in [3.63, 3.8) is 0 Å². The summed E-state index contributed by atoms with van der Waals surface area (Å²) in [6, 6.07) is 9.93. The molecule has 0 bridgehead atoms. The lowest BCUT2D eigenvalue weighted by molar-refractivity contribution is 0.228. The Hall–Kier alpha value is -0.860.